The van der Waals surface area contributed by atoms with Crippen LogP contribution in [0.3, 0.4) is 0 Å². The Bertz CT molecular complexity index is 932. The molecule has 0 radical (unpaired) electrons. The van der Waals surface area contributed by atoms with E-state index in [0.717, 1.165) is 35.5 Å². The van der Waals surface area contributed by atoms with Crippen LogP contribution in [0.4, 0.5) is 14.5 Å². The number of benzene rings is 1. The van der Waals surface area contributed by atoms with Crippen LogP contribution >= 0.6 is 11.8 Å². The first kappa shape index (κ1) is 18.0. The Morgan fingerprint density at radius 2 is 2.08 bits per heavy atom. The van der Waals surface area contributed by atoms with Crippen molar-refractivity contribution in [2.45, 2.75) is 17.3 Å². The second-order valence-electron chi connectivity index (χ2n) is 5.48. The number of amides is 1. The predicted octanol–water partition coefficient (Wildman–Crippen LogP) is 3.27. The van der Waals surface area contributed by atoms with Crippen LogP contribution in [0.1, 0.15) is 6.92 Å². The van der Waals surface area contributed by atoms with Crippen molar-refractivity contribution in [1.82, 2.24) is 19.7 Å². The maximum atomic E-state index is 13.7. The SMILES string of the molecule is CC(Sc1nnc(-c2cccnc2)n1C)C(=O)Nc1cc(F)ccc1F. The molecule has 0 saturated heterocycles. The van der Waals surface area contributed by atoms with Crippen LogP contribution in [0.2, 0.25) is 0 Å². The molecule has 1 unspecified atom stereocenters. The largest absolute Gasteiger partial charge is 0.323 e. The van der Waals surface area contributed by atoms with Crippen molar-refractivity contribution >= 4 is 23.4 Å². The second-order valence-corrected chi connectivity index (χ2v) is 6.79. The van der Waals surface area contributed by atoms with Gasteiger partial charge in [0.15, 0.2) is 11.0 Å². The summed E-state index contributed by atoms with van der Waals surface area (Å²) in [4.78, 5) is 16.3. The van der Waals surface area contributed by atoms with Gasteiger partial charge in [-0.2, -0.15) is 0 Å². The molecule has 0 aliphatic carbocycles. The minimum Gasteiger partial charge on any atom is -0.323 e. The van der Waals surface area contributed by atoms with Crippen LogP contribution in [0.5, 0.6) is 0 Å². The van der Waals surface area contributed by atoms with Gasteiger partial charge in [0.25, 0.3) is 0 Å². The summed E-state index contributed by atoms with van der Waals surface area (Å²) in [6.07, 6.45) is 3.33. The molecule has 1 N–H and O–H groups in total. The lowest BCUT2D eigenvalue weighted by atomic mass is 10.3. The van der Waals surface area contributed by atoms with E-state index >= 15 is 0 Å². The highest BCUT2D eigenvalue weighted by Gasteiger charge is 2.20. The van der Waals surface area contributed by atoms with Crippen molar-refractivity contribution in [2.75, 3.05) is 5.32 Å². The van der Waals surface area contributed by atoms with Crippen molar-refractivity contribution < 1.29 is 13.6 Å². The standard InChI is InChI=1S/C17H15F2N5OS/c1-10(16(25)21-14-8-12(18)5-6-13(14)19)26-17-23-22-15(24(17)2)11-4-3-7-20-9-11/h3-10H,1-2H3,(H,21,25). The number of anilines is 1. The van der Waals surface area contributed by atoms with E-state index < -0.39 is 22.8 Å². The zero-order chi connectivity index (χ0) is 18.7. The number of halogens is 2. The van der Waals surface area contributed by atoms with E-state index in [1.54, 1.807) is 37.0 Å². The van der Waals surface area contributed by atoms with Crippen molar-refractivity contribution in [3.8, 4) is 11.4 Å². The lowest BCUT2D eigenvalue weighted by Crippen LogP contribution is -2.23. The van der Waals surface area contributed by atoms with Crippen molar-refractivity contribution in [1.29, 1.82) is 0 Å². The quantitative estimate of drug-likeness (QED) is 0.693. The summed E-state index contributed by atoms with van der Waals surface area (Å²) < 4.78 is 28.6. The number of thioether (sulfide) groups is 1. The zero-order valence-corrected chi connectivity index (χ0v) is 14.8. The monoisotopic (exact) mass is 375 g/mol. The smallest absolute Gasteiger partial charge is 0.237 e. The Hall–Kier alpha value is -2.81. The minimum absolute atomic E-state index is 0.198. The lowest BCUT2D eigenvalue weighted by Gasteiger charge is -2.12. The third kappa shape index (κ3) is 3.88. The summed E-state index contributed by atoms with van der Waals surface area (Å²) in [7, 11) is 1.78. The topological polar surface area (TPSA) is 72.7 Å². The van der Waals surface area contributed by atoms with Crippen LogP contribution in [-0.2, 0) is 11.8 Å². The molecule has 26 heavy (non-hydrogen) atoms. The van der Waals surface area contributed by atoms with Gasteiger partial charge in [0.05, 0.1) is 10.9 Å². The van der Waals surface area contributed by atoms with Gasteiger partial charge >= 0.3 is 0 Å². The Morgan fingerprint density at radius 1 is 1.27 bits per heavy atom. The third-order valence-corrected chi connectivity index (χ3v) is 4.73. The van der Waals surface area contributed by atoms with Crippen molar-refractivity contribution in [3.63, 3.8) is 0 Å². The summed E-state index contributed by atoms with van der Waals surface area (Å²) in [5, 5.41) is 10.5. The number of hydrogen-bond acceptors (Lipinski definition) is 5. The van der Waals surface area contributed by atoms with E-state index in [9.17, 15) is 13.6 Å². The molecule has 0 aliphatic heterocycles. The Labute approximate surface area is 152 Å². The number of hydrogen-bond donors (Lipinski definition) is 1. The highest BCUT2D eigenvalue weighted by atomic mass is 32.2. The molecule has 1 atom stereocenters. The predicted molar refractivity (Wildman–Crippen MR) is 94.5 cm³/mol. The average molecular weight is 375 g/mol. The highest BCUT2D eigenvalue weighted by molar-refractivity contribution is 8.00. The first-order valence-corrected chi connectivity index (χ1v) is 8.56. The Balaban J connectivity index is 1.72. The van der Waals surface area contributed by atoms with E-state index in [1.165, 1.54) is 0 Å². The van der Waals surface area contributed by atoms with Gasteiger partial charge in [0.2, 0.25) is 5.91 Å². The van der Waals surface area contributed by atoms with Crippen LogP contribution in [0, 0.1) is 11.6 Å². The van der Waals surface area contributed by atoms with Gasteiger partial charge in [0.1, 0.15) is 11.6 Å². The summed E-state index contributed by atoms with van der Waals surface area (Å²) in [6, 6.07) is 6.54. The molecule has 3 rings (SSSR count). The maximum Gasteiger partial charge on any atom is 0.237 e. The molecule has 9 heteroatoms. The highest BCUT2D eigenvalue weighted by Crippen LogP contribution is 2.26. The van der Waals surface area contributed by atoms with Crippen molar-refractivity contribution in [3.05, 3.63) is 54.4 Å². The summed E-state index contributed by atoms with van der Waals surface area (Å²) >= 11 is 1.16. The molecule has 134 valence electrons. The average Bonchev–Trinajstić information content (AvgIpc) is 2.99. The molecule has 0 bridgehead atoms. The number of aromatic nitrogens is 4. The van der Waals surface area contributed by atoms with E-state index in [0.29, 0.717) is 11.0 Å². The molecular formula is C17H15F2N5OS. The zero-order valence-electron chi connectivity index (χ0n) is 14.0. The maximum absolute atomic E-state index is 13.7. The van der Waals surface area contributed by atoms with Gasteiger partial charge in [-0.05, 0) is 31.2 Å². The van der Waals surface area contributed by atoms with Gasteiger partial charge in [-0.25, -0.2) is 8.78 Å². The first-order valence-electron chi connectivity index (χ1n) is 7.68. The first-order chi connectivity index (χ1) is 12.5. The fourth-order valence-electron chi connectivity index (χ4n) is 2.20. The fraction of sp³-hybridized carbons (Fsp3) is 0.176. The fourth-order valence-corrected chi connectivity index (χ4v) is 3.02. The third-order valence-electron chi connectivity index (χ3n) is 3.59. The number of rotatable bonds is 5. The van der Waals surface area contributed by atoms with E-state index in [1.807, 2.05) is 6.07 Å². The van der Waals surface area contributed by atoms with Gasteiger partial charge < -0.3 is 9.88 Å². The van der Waals surface area contributed by atoms with Gasteiger partial charge in [-0.3, -0.25) is 9.78 Å². The number of pyridine rings is 1. The second kappa shape index (κ2) is 7.61. The molecular weight excluding hydrogens is 360 g/mol. The molecule has 2 heterocycles. The van der Waals surface area contributed by atoms with E-state index in [2.05, 4.69) is 20.5 Å². The lowest BCUT2D eigenvalue weighted by molar-refractivity contribution is -0.115. The summed E-state index contributed by atoms with van der Waals surface area (Å²) in [6.45, 7) is 1.65. The van der Waals surface area contributed by atoms with Gasteiger partial charge in [0, 0.05) is 31.1 Å². The normalized spacial score (nSPS) is 12.0. The van der Waals surface area contributed by atoms with Crippen LogP contribution < -0.4 is 5.32 Å². The molecule has 0 fully saturated rings. The molecule has 0 aliphatic rings. The molecule has 0 spiro atoms. The molecule has 3 aromatic rings. The molecule has 0 saturated carbocycles. The molecule has 1 amide bonds. The molecule has 1 aromatic carbocycles. The van der Waals surface area contributed by atoms with Gasteiger partial charge in [-0.1, -0.05) is 11.8 Å². The Morgan fingerprint density at radius 3 is 2.81 bits per heavy atom. The summed E-state index contributed by atoms with van der Waals surface area (Å²) in [5.74, 6) is -1.18. The number of nitrogens with zero attached hydrogens (tertiary/aromatic N) is 4. The van der Waals surface area contributed by atoms with Crippen LogP contribution in [-0.4, -0.2) is 30.9 Å². The molecule has 2 aromatic heterocycles. The van der Waals surface area contributed by atoms with Crippen LogP contribution in [0.25, 0.3) is 11.4 Å². The van der Waals surface area contributed by atoms with E-state index in [-0.39, 0.29) is 5.69 Å². The number of carbonyl (C=O) groups excluding carboxylic acids is 1. The number of nitrogens with one attached hydrogen (secondary N) is 1. The molecule has 6 nitrogen and oxygen atoms in total. The van der Waals surface area contributed by atoms with Crippen LogP contribution in [0.15, 0.2) is 47.9 Å². The Kier molecular flexibility index (Phi) is 5.27. The van der Waals surface area contributed by atoms with E-state index in [4.69, 9.17) is 0 Å². The summed E-state index contributed by atoms with van der Waals surface area (Å²) in [5.41, 5.74) is 0.602. The minimum atomic E-state index is -0.700. The number of carbonyl (C=O) groups is 1. The van der Waals surface area contributed by atoms with Crippen molar-refractivity contribution in [2.24, 2.45) is 7.05 Å². The van der Waals surface area contributed by atoms with Gasteiger partial charge in [-0.15, -0.1) is 10.2 Å².